The summed E-state index contributed by atoms with van der Waals surface area (Å²) in [5.41, 5.74) is 4.42. The monoisotopic (exact) mass is 465 g/mol. The van der Waals surface area contributed by atoms with Gasteiger partial charge in [0.15, 0.2) is 16.8 Å². The summed E-state index contributed by atoms with van der Waals surface area (Å²) in [6, 6.07) is 21.3. The molecule has 166 valence electrons. The van der Waals surface area contributed by atoms with Gasteiger partial charge in [-0.05, 0) is 42.8 Å². The number of hydrogen-bond acceptors (Lipinski definition) is 7. The maximum atomic E-state index is 10.8. The number of nitrogens with zero attached hydrogens (tertiary/aromatic N) is 6. The van der Waals surface area contributed by atoms with Crippen molar-refractivity contribution in [2.45, 2.75) is 12.1 Å². The first-order valence-corrected chi connectivity index (χ1v) is 11.5. The Bertz CT molecular complexity index is 1510. The number of para-hydroxylation sites is 3. The van der Waals surface area contributed by atoms with Gasteiger partial charge in [0.1, 0.15) is 17.4 Å². The molecule has 0 aliphatic rings. The maximum absolute atomic E-state index is 10.8. The minimum Gasteiger partial charge on any atom is -0.510 e. The van der Waals surface area contributed by atoms with Crippen LogP contribution in [0.1, 0.15) is 11.4 Å². The molecule has 0 aliphatic carbocycles. The molecular formula is C25H19N7OS. The molecule has 0 fully saturated rings. The highest BCUT2D eigenvalue weighted by Crippen LogP contribution is 2.30. The van der Waals surface area contributed by atoms with Crippen molar-refractivity contribution in [3.8, 4) is 23.1 Å². The van der Waals surface area contributed by atoms with E-state index in [4.69, 9.17) is 0 Å². The highest BCUT2D eigenvalue weighted by molar-refractivity contribution is 7.99. The molecule has 0 unspecified atom stereocenters. The molecule has 0 bridgehead atoms. The maximum Gasteiger partial charge on any atom is 0.196 e. The number of H-pyrrole nitrogens is 1. The summed E-state index contributed by atoms with van der Waals surface area (Å²) >= 11 is 1.29. The lowest BCUT2D eigenvalue weighted by Gasteiger charge is -2.12. The molecule has 2 N–H and O–H groups in total. The van der Waals surface area contributed by atoms with E-state index in [0.29, 0.717) is 16.8 Å². The third-order valence-corrected chi connectivity index (χ3v) is 6.21. The molecule has 0 atom stereocenters. The van der Waals surface area contributed by atoms with Gasteiger partial charge in [0, 0.05) is 18.0 Å². The molecule has 5 rings (SSSR count). The summed E-state index contributed by atoms with van der Waals surface area (Å²) in [7, 11) is 0. The van der Waals surface area contributed by atoms with Crippen molar-refractivity contribution >= 4 is 28.4 Å². The first-order valence-electron chi connectivity index (χ1n) is 10.5. The van der Waals surface area contributed by atoms with Gasteiger partial charge in [-0.3, -0.25) is 9.55 Å². The van der Waals surface area contributed by atoms with Gasteiger partial charge in [-0.1, -0.05) is 42.1 Å². The van der Waals surface area contributed by atoms with Crippen molar-refractivity contribution in [3.63, 3.8) is 0 Å². The Morgan fingerprint density at radius 3 is 2.68 bits per heavy atom. The van der Waals surface area contributed by atoms with Crippen molar-refractivity contribution in [1.29, 1.82) is 5.26 Å². The number of nitrogens with one attached hydrogen (secondary N) is 1. The number of aromatic amines is 1. The Hall–Kier alpha value is -4.42. The van der Waals surface area contributed by atoms with Crippen LogP contribution < -0.4 is 0 Å². The highest BCUT2D eigenvalue weighted by Gasteiger charge is 2.19. The van der Waals surface area contributed by atoms with Gasteiger partial charge in [0.05, 0.1) is 22.5 Å². The minimum absolute atomic E-state index is 0.0891. The molecule has 3 aromatic heterocycles. The van der Waals surface area contributed by atoms with E-state index in [-0.39, 0.29) is 17.1 Å². The number of aryl methyl sites for hydroxylation is 1. The van der Waals surface area contributed by atoms with Crippen molar-refractivity contribution in [2.24, 2.45) is 0 Å². The third-order valence-electron chi connectivity index (χ3n) is 5.27. The van der Waals surface area contributed by atoms with Crippen LogP contribution in [0.15, 0.2) is 84.0 Å². The summed E-state index contributed by atoms with van der Waals surface area (Å²) in [4.78, 5) is 11.7. The van der Waals surface area contributed by atoms with E-state index in [1.54, 1.807) is 12.4 Å². The fourth-order valence-corrected chi connectivity index (χ4v) is 4.43. The lowest BCUT2D eigenvalue weighted by Crippen LogP contribution is -2.03. The highest BCUT2D eigenvalue weighted by atomic mass is 32.2. The number of nitriles is 1. The van der Waals surface area contributed by atoms with Crippen LogP contribution in [0.5, 0.6) is 0 Å². The van der Waals surface area contributed by atoms with Crippen LogP contribution in [-0.4, -0.2) is 40.6 Å². The molecule has 34 heavy (non-hydrogen) atoms. The number of hydrogen-bond donors (Lipinski definition) is 2. The number of fused-ring (bicyclic) bond motifs is 1. The van der Waals surface area contributed by atoms with Gasteiger partial charge in [0.2, 0.25) is 0 Å². The molecule has 8 nitrogen and oxygen atoms in total. The predicted octanol–water partition coefficient (Wildman–Crippen LogP) is 5.10. The van der Waals surface area contributed by atoms with E-state index in [1.165, 1.54) is 11.8 Å². The number of thioether (sulfide) groups is 1. The van der Waals surface area contributed by atoms with Gasteiger partial charge in [-0.25, -0.2) is 4.98 Å². The lowest BCUT2D eigenvalue weighted by molar-refractivity contribution is 0.420. The first-order chi connectivity index (χ1) is 16.7. The smallest absolute Gasteiger partial charge is 0.196 e. The topological polar surface area (TPSA) is 116 Å². The van der Waals surface area contributed by atoms with E-state index < -0.39 is 0 Å². The van der Waals surface area contributed by atoms with Crippen molar-refractivity contribution in [1.82, 2.24) is 29.7 Å². The summed E-state index contributed by atoms with van der Waals surface area (Å²) in [6.07, 6.45) is 3.44. The van der Waals surface area contributed by atoms with Gasteiger partial charge >= 0.3 is 0 Å². The average Bonchev–Trinajstić information content (AvgIpc) is 3.48. The summed E-state index contributed by atoms with van der Waals surface area (Å²) in [5.74, 6) is 1.01. The minimum atomic E-state index is -0.0891. The van der Waals surface area contributed by atoms with Gasteiger partial charge in [-0.2, -0.15) is 5.26 Å². The van der Waals surface area contributed by atoms with Crippen molar-refractivity contribution < 1.29 is 5.11 Å². The Kier molecular flexibility index (Phi) is 5.81. The molecule has 0 saturated heterocycles. The molecule has 5 aromatic rings. The number of aliphatic hydroxyl groups is 1. The number of allylic oxidation sites excluding steroid dienone is 1. The van der Waals surface area contributed by atoms with Crippen LogP contribution in [0.25, 0.3) is 33.7 Å². The van der Waals surface area contributed by atoms with Crippen molar-refractivity contribution in [2.75, 3.05) is 5.75 Å². The van der Waals surface area contributed by atoms with Crippen LogP contribution in [-0.2, 0) is 0 Å². The van der Waals surface area contributed by atoms with Gasteiger partial charge in [0.25, 0.3) is 0 Å². The van der Waals surface area contributed by atoms with E-state index in [2.05, 4.69) is 31.2 Å². The molecule has 2 aromatic carbocycles. The molecule has 0 aliphatic heterocycles. The molecule has 0 amide bonds. The number of aromatic nitrogens is 6. The Labute approximate surface area is 199 Å². The first kappa shape index (κ1) is 21.4. The van der Waals surface area contributed by atoms with Crippen LogP contribution in [0.4, 0.5) is 0 Å². The molecule has 0 radical (unpaired) electrons. The molecule has 0 saturated carbocycles. The Balaban J connectivity index is 1.51. The van der Waals surface area contributed by atoms with Crippen molar-refractivity contribution in [3.05, 3.63) is 90.2 Å². The van der Waals surface area contributed by atoms with E-state index >= 15 is 0 Å². The van der Waals surface area contributed by atoms with Gasteiger partial charge in [-0.15, -0.1) is 10.2 Å². The molecule has 9 heteroatoms. The molecule has 3 heterocycles. The SMILES string of the molecule is Cc1ccccc1-n1c(SC/C(O)=C(\C#N)c2nc3ccccc3[nH]2)nnc1-c1cccnc1. The third kappa shape index (κ3) is 4.02. The second-order valence-electron chi connectivity index (χ2n) is 7.49. The zero-order chi connectivity index (χ0) is 23.5. The fourth-order valence-electron chi connectivity index (χ4n) is 3.61. The lowest BCUT2D eigenvalue weighted by atomic mass is 10.2. The predicted molar refractivity (Wildman–Crippen MR) is 131 cm³/mol. The normalized spacial score (nSPS) is 11.9. The number of aliphatic hydroxyl groups excluding tert-OH is 1. The van der Waals surface area contributed by atoms with Crippen LogP contribution in [0, 0.1) is 18.3 Å². The Morgan fingerprint density at radius 1 is 1.09 bits per heavy atom. The summed E-state index contributed by atoms with van der Waals surface area (Å²) in [5, 5.41) is 29.9. The number of imidazole rings is 1. The number of pyridine rings is 1. The van der Waals surface area contributed by atoms with E-state index in [9.17, 15) is 10.4 Å². The second kappa shape index (κ2) is 9.21. The number of benzene rings is 2. The summed E-state index contributed by atoms with van der Waals surface area (Å²) in [6.45, 7) is 2.02. The quantitative estimate of drug-likeness (QED) is 0.204. The van der Waals surface area contributed by atoms with Crippen LogP contribution in [0.3, 0.4) is 0 Å². The standard InChI is InChI=1S/C25H19N7OS/c1-16-7-2-5-11-21(16)32-24(17-8-6-12-27-14-17)30-31-25(32)34-15-22(33)18(13-26)23-28-19-9-3-4-10-20(19)29-23/h2-12,14,33H,15H2,1H3,(H,28,29)/b22-18-. The largest absolute Gasteiger partial charge is 0.510 e. The zero-order valence-corrected chi connectivity index (χ0v) is 19.0. The van der Waals surface area contributed by atoms with Crippen LogP contribution in [0.2, 0.25) is 0 Å². The number of rotatable bonds is 6. The van der Waals surface area contributed by atoms with Gasteiger partial charge < -0.3 is 10.1 Å². The average molecular weight is 466 g/mol. The van der Waals surface area contributed by atoms with E-state index in [0.717, 1.165) is 27.8 Å². The second-order valence-corrected chi connectivity index (χ2v) is 8.44. The zero-order valence-electron chi connectivity index (χ0n) is 18.2. The van der Waals surface area contributed by atoms with E-state index in [1.807, 2.05) is 72.2 Å². The molecular weight excluding hydrogens is 446 g/mol. The van der Waals surface area contributed by atoms with Crippen LogP contribution >= 0.6 is 11.8 Å². The Morgan fingerprint density at radius 2 is 1.91 bits per heavy atom. The fraction of sp³-hybridized carbons (Fsp3) is 0.0800. The summed E-state index contributed by atoms with van der Waals surface area (Å²) < 4.78 is 1.94. The molecule has 0 spiro atoms.